The van der Waals surface area contributed by atoms with Crippen molar-refractivity contribution in [3.05, 3.63) is 0 Å². The number of hydrogen-bond acceptors (Lipinski definition) is 3. The van der Waals surface area contributed by atoms with Crippen molar-refractivity contribution in [2.75, 3.05) is 0 Å². The van der Waals surface area contributed by atoms with Gasteiger partial charge in [-0.15, -0.1) is 0 Å². The second-order valence-electron chi connectivity index (χ2n) is 4.30. The van der Waals surface area contributed by atoms with Crippen LogP contribution in [0.25, 0.3) is 0 Å². The first kappa shape index (κ1) is 10.7. The maximum absolute atomic E-state index is 11.5. The molecule has 14 heavy (non-hydrogen) atoms. The summed E-state index contributed by atoms with van der Waals surface area (Å²) >= 11 is 0. The fourth-order valence-electron chi connectivity index (χ4n) is 2.31. The molecule has 4 heteroatoms. The Morgan fingerprint density at radius 2 is 1.14 bits per heavy atom. The van der Waals surface area contributed by atoms with E-state index in [-0.39, 0.29) is 12.2 Å². The van der Waals surface area contributed by atoms with Gasteiger partial charge in [0, 0.05) is 0 Å². The van der Waals surface area contributed by atoms with Crippen LogP contribution in [0.1, 0.15) is 51.4 Å². The molecule has 2 aliphatic carbocycles. The predicted octanol–water partition coefficient (Wildman–Crippen LogP) is 3.29. The smallest absolute Gasteiger partial charge is 0.307 e. The molecule has 0 atom stereocenters. The van der Waals surface area contributed by atoms with E-state index in [0.29, 0.717) is 0 Å². The normalized spacial score (nSPS) is 25.2. The second-order valence-corrected chi connectivity index (χ2v) is 5.27. The van der Waals surface area contributed by atoms with Crippen molar-refractivity contribution in [3.8, 4) is 0 Å². The molecular weight excluding hydrogens is 199 g/mol. The topological polar surface area (TPSA) is 35.5 Å². The quantitative estimate of drug-likeness (QED) is 0.679. The van der Waals surface area contributed by atoms with Crippen LogP contribution in [0.5, 0.6) is 0 Å². The van der Waals surface area contributed by atoms with E-state index in [1.165, 1.54) is 25.7 Å². The Balaban J connectivity index is 1.66. The molecule has 3 nitrogen and oxygen atoms in total. The molecule has 0 aliphatic heterocycles. The molecule has 0 spiro atoms. The first-order valence-electron chi connectivity index (χ1n) is 5.72. The van der Waals surface area contributed by atoms with Gasteiger partial charge >= 0.3 is 8.25 Å². The van der Waals surface area contributed by atoms with Crippen LogP contribution in [0.4, 0.5) is 0 Å². The molecule has 0 radical (unpaired) electrons. The van der Waals surface area contributed by atoms with Crippen LogP contribution in [0.3, 0.4) is 0 Å². The van der Waals surface area contributed by atoms with Crippen LogP contribution in [-0.2, 0) is 13.6 Å². The van der Waals surface area contributed by atoms with E-state index in [2.05, 4.69) is 0 Å². The zero-order chi connectivity index (χ0) is 9.80. The fourth-order valence-corrected chi connectivity index (χ4v) is 3.38. The summed E-state index contributed by atoms with van der Waals surface area (Å²) in [5.41, 5.74) is 0. The molecule has 0 heterocycles. The lowest BCUT2D eigenvalue weighted by Gasteiger charge is -2.14. The van der Waals surface area contributed by atoms with Gasteiger partial charge in [0.05, 0.1) is 12.2 Å². The van der Waals surface area contributed by atoms with Gasteiger partial charge in [0.15, 0.2) is 0 Å². The zero-order valence-electron chi connectivity index (χ0n) is 8.54. The molecule has 0 aromatic heterocycles. The Morgan fingerprint density at radius 3 is 1.50 bits per heavy atom. The van der Waals surface area contributed by atoms with E-state index in [9.17, 15) is 4.57 Å². The third-order valence-electron chi connectivity index (χ3n) is 3.13. The van der Waals surface area contributed by atoms with Crippen LogP contribution >= 0.6 is 8.25 Å². The summed E-state index contributed by atoms with van der Waals surface area (Å²) in [5.74, 6) is 0. The van der Waals surface area contributed by atoms with Crippen LogP contribution < -0.4 is 0 Å². The fraction of sp³-hybridized carbons (Fsp3) is 1.00. The lowest BCUT2D eigenvalue weighted by molar-refractivity contribution is 0.134. The van der Waals surface area contributed by atoms with Gasteiger partial charge in [-0.25, -0.2) is 0 Å². The van der Waals surface area contributed by atoms with Crippen LogP contribution in [0.2, 0.25) is 0 Å². The first-order valence-corrected chi connectivity index (χ1v) is 6.94. The first-order chi connectivity index (χ1) is 6.84. The Morgan fingerprint density at radius 1 is 0.786 bits per heavy atom. The van der Waals surface area contributed by atoms with E-state index in [4.69, 9.17) is 9.05 Å². The minimum absolute atomic E-state index is 0.211. The SMILES string of the molecule is O=[PH](OC1CCCC1)OC1CCCC1. The Bertz CT molecular complexity index is 176. The van der Waals surface area contributed by atoms with Crippen molar-refractivity contribution in [3.63, 3.8) is 0 Å². The number of rotatable bonds is 4. The lowest BCUT2D eigenvalue weighted by atomic mass is 10.3. The zero-order valence-corrected chi connectivity index (χ0v) is 9.54. The minimum atomic E-state index is -2.21. The molecule has 2 rings (SSSR count). The molecule has 2 saturated carbocycles. The van der Waals surface area contributed by atoms with Gasteiger partial charge in [-0.05, 0) is 25.7 Å². The molecule has 0 bridgehead atoms. The molecule has 0 N–H and O–H groups in total. The van der Waals surface area contributed by atoms with E-state index in [1.807, 2.05) is 0 Å². The molecule has 0 saturated heterocycles. The minimum Gasteiger partial charge on any atom is -0.307 e. The summed E-state index contributed by atoms with van der Waals surface area (Å²) in [6.45, 7) is 0. The average molecular weight is 218 g/mol. The monoisotopic (exact) mass is 218 g/mol. The van der Waals surface area contributed by atoms with Gasteiger partial charge in [0.2, 0.25) is 0 Å². The summed E-state index contributed by atoms with van der Waals surface area (Å²) in [5, 5.41) is 0. The van der Waals surface area contributed by atoms with Crippen molar-refractivity contribution in [2.24, 2.45) is 0 Å². The number of hydrogen-bond donors (Lipinski definition) is 0. The highest BCUT2D eigenvalue weighted by molar-refractivity contribution is 7.33. The summed E-state index contributed by atoms with van der Waals surface area (Å²) < 4.78 is 22.3. The summed E-state index contributed by atoms with van der Waals surface area (Å²) in [6, 6.07) is 0. The highest BCUT2D eigenvalue weighted by atomic mass is 31.1. The summed E-state index contributed by atoms with van der Waals surface area (Å²) in [7, 11) is -2.21. The molecule has 2 aliphatic rings. The van der Waals surface area contributed by atoms with Crippen molar-refractivity contribution >= 4 is 8.25 Å². The summed E-state index contributed by atoms with van der Waals surface area (Å²) in [6.07, 6.45) is 9.51. The molecule has 2 fully saturated rings. The average Bonchev–Trinajstić information content (AvgIpc) is 2.76. The van der Waals surface area contributed by atoms with Crippen molar-refractivity contribution in [1.29, 1.82) is 0 Å². The van der Waals surface area contributed by atoms with Crippen LogP contribution in [0.15, 0.2) is 0 Å². The van der Waals surface area contributed by atoms with Gasteiger partial charge in [0.25, 0.3) is 0 Å². The van der Waals surface area contributed by atoms with Crippen LogP contribution in [0, 0.1) is 0 Å². The van der Waals surface area contributed by atoms with E-state index < -0.39 is 8.25 Å². The largest absolute Gasteiger partial charge is 0.319 e. The molecule has 0 aromatic carbocycles. The third kappa shape index (κ3) is 3.08. The van der Waals surface area contributed by atoms with E-state index in [0.717, 1.165) is 25.7 Å². The Kier molecular flexibility index (Phi) is 4.03. The molecule has 0 unspecified atom stereocenters. The molecule has 0 amide bonds. The van der Waals surface area contributed by atoms with Gasteiger partial charge in [-0.3, -0.25) is 4.57 Å². The molecule has 82 valence electrons. The highest BCUT2D eigenvalue weighted by Gasteiger charge is 2.22. The Hall–Kier alpha value is 0.150. The maximum Gasteiger partial charge on any atom is 0.319 e. The predicted molar refractivity (Wildman–Crippen MR) is 55.7 cm³/mol. The van der Waals surface area contributed by atoms with E-state index >= 15 is 0 Å². The van der Waals surface area contributed by atoms with Gasteiger partial charge in [-0.1, -0.05) is 25.7 Å². The second kappa shape index (κ2) is 5.29. The standard InChI is InChI=1S/C10H19O3P/c11-14(12-9-5-1-2-6-9)13-10-7-3-4-8-10/h9-10,14H,1-8H2. The van der Waals surface area contributed by atoms with Gasteiger partial charge < -0.3 is 9.05 Å². The molecule has 0 aromatic rings. The summed E-state index contributed by atoms with van der Waals surface area (Å²) in [4.78, 5) is 0. The Labute approximate surface area is 86.1 Å². The van der Waals surface area contributed by atoms with E-state index in [1.54, 1.807) is 0 Å². The highest BCUT2D eigenvalue weighted by Crippen LogP contribution is 2.37. The lowest BCUT2D eigenvalue weighted by Crippen LogP contribution is -2.06. The molecular formula is C10H19O3P. The third-order valence-corrected chi connectivity index (χ3v) is 4.18. The van der Waals surface area contributed by atoms with Crippen LogP contribution in [-0.4, -0.2) is 12.2 Å². The van der Waals surface area contributed by atoms with Gasteiger partial charge in [-0.2, -0.15) is 0 Å². The van der Waals surface area contributed by atoms with Crippen molar-refractivity contribution in [1.82, 2.24) is 0 Å². The van der Waals surface area contributed by atoms with Crippen molar-refractivity contribution in [2.45, 2.75) is 63.6 Å². The maximum atomic E-state index is 11.5. The van der Waals surface area contributed by atoms with Gasteiger partial charge in [0.1, 0.15) is 0 Å². The van der Waals surface area contributed by atoms with Crippen molar-refractivity contribution < 1.29 is 13.6 Å².